The maximum atomic E-state index is 11.3. The summed E-state index contributed by atoms with van der Waals surface area (Å²) in [5, 5.41) is 12.8. The number of nitrogens with one attached hydrogen (secondary N) is 2. The molecule has 1 aromatic heterocycles. The number of carbonyl (C=O) groups excluding carboxylic acids is 1. The van der Waals surface area contributed by atoms with Gasteiger partial charge in [-0.3, -0.25) is 4.79 Å². The fraction of sp³-hybridized carbons (Fsp3) is 0.375. The second-order valence-electron chi connectivity index (χ2n) is 5.18. The minimum atomic E-state index is -1.01. The summed E-state index contributed by atoms with van der Waals surface area (Å²) in [6.45, 7) is 3.77. The maximum absolute atomic E-state index is 11.3. The number of rotatable bonds is 6. The third-order valence-corrected chi connectivity index (χ3v) is 3.52. The summed E-state index contributed by atoms with van der Waals surface area (Å²) in [5.41, 5.74) is 2.75. The number of benzene rings is 1. The van der Waals surface area contributed by atoms with Crippen molar-refractivity contribution < 1.29 is 14.7 Å². The van der Waals surface area contributed by atoms with Crippen molar-refractivity contribution in [1.82, 2.24) is 10.3 Å². The van der Waals surface area contributed by atoms with E-state index in [1.165, 1.54) is 12.5 Å². The number of unbranched alkanes of at least 4 members (excludes halogenated alkanes) is 1. The van der Waals surface area contributed by atoms with E-state index in [0.29, 0.717) is 5.56 Å². The van der Waals surface area contributed by atoms with Crippen LogP contribution in [-0.2, 0) is 17.8 Å². The lowest BCUT2D eigenvalue weighted by Gasteiger charge is -2.04. The molecule has 2 aromatic rings. The summed E-state index contributed by atoms with van der Waals surface area (Å²) in [6.07, 6.45) is 3.19. The van der Waals surface area contributed by atoms with E-state index in [4.69, 9.17) is 0 Å². The molecule has 112 valence electrons. The van der Waals surface area contributed by atoms with Crippen molar-refractivity contribution in [3.05, 3.63) is 35.0 Å². The largest absolute Gasteiger partial charge is 0.477 e. The Bertz CT molecular complexity index is 673. The highest BCUT2D eigenvalue weighted by molar-refractivity contribution is 5.97. The van der Waals surface area contributed by atoms with Crippen LogP contribution in [0.3, 0.4) is 0 Å². The number of carbonyl (C=O) groups is 2. The molecule has 1 heterocycles. The van der Waals surface area contributed by atoms with Crippen molar-refractivity contribution in [2.75, 3.05) is 0 Å². The van der Waals surface area contributed by atoms with Crippen LogP contribution >= 0.6 is 0 Å². The smallest absolute Gasteiger partial charge is 0.352 e. The fourth-order valence-electron chi connectivity index (χ4n) is 2.41. The number of aromatic nitrogens is 1. The summed E-state index contributed by atoms with van der Waals surface area (Å²) in [5.74, 6) is -1.19. The molecule has 0 saturated carbocycles. The minimum Gasteiger partial charge on any atom is -0.477 e. The van der Waals surface area contributed by atoms with Gasteiger partial charge in [0.25, 0.3) is 0 Å². The number of hydrogen-bond acceptors (Lipinski definition) is 2. The summed E-state index contributed by atoms with van der Waals surface area (Å²) >= 11 is 0. The van der Waals surface area contributed by atoms with Gasteiger partial charge in [0.15, 0.2) is 0 Å². The molecular formula is C16H20N2O3. The van der Waals surface area contributed by atoms with Gasteiger partial charge in [-0.2, -0.15) is 0 Å². The van der Waals surface area contributed by atoms with Gasteiger partial charge in [-0.25, -0.2) is 4.79 Å². The highest BCUT2D eigenvalue weighted by atomic mass is 16.4. The van der Waals surface area contributed by atoms with Crippen LogP contribution in [0.4, 0.5) is 0 Å². The highest BCUT2D eigenvalue weighted by Gasteiger charge is 2.17. The molecule has 5 nitrogen and oxygen atoms in total. The molecule has 0 aliphatic heterocycles. The fourth-order valence-corrected chi connectivity index (χ4v) is 2.41. The van der Waals surface area contributed by atoms with Crippen molar-refractivity contribution in [1.29, 1.82) is 0 Å². The molecule has 0 fully saturated rings. The van der Waals surface area contributed by atoms with Gasteiger partial charge < -0.3 is 15.4 Å². The number of carboxylic acid groups (broad SMARTS) is 1. The molecule has 0 spiro atoms. The standard InChI is InChI=1S/C16H20N2O3/c1-3-4-5-11-6-7-14-12(8-11)13(9-17-10(2)19)15(18-14)16(20)21/h6-8,18H,3-5,9H2,1-2H3,(H,17,19)(H,20,21). The molecule has 3 N–H and O–H groups in total. The zero-order valence-electron chi connectivity index (χ0n) is 12.3. The number of carboxylic acids is 1. The molecule has 0 unspecified atom stereocenters. The van der Waals surface area contributed by atoms with Crippen LogP contribution in [0.25, 0.3) is 10.9 Å². The lowest BCUT2D eigenvalue weighted by molar-refractivity contribution is -0.119. The first kappa shape index (κ1) is 15.1. The Balaban J connectivity index is 2.45. The van der Waals surface area contributed by atoms with Crippen LogP contribution < -0.4 is 5.32 Å². The predicted octanol–water partition coefficient (Wildman–Crippen LogP) is 2.84. The van der Waals surface area contributed by atoms with E-state index in [2.05, 4.69) is 17.2 Å². The van der Waals surface area contributed by atoms with Gasteiger partial charge in [0.2, 0.25) is 5.91 Å². The zero-order valence-corrected chi connectivity index (χ0v) is 12.3. The summed E-state index contributed by atoms with van der Waals surface area (Å²) < 4.78 is 0. The molecule has 0 atom stereocenters. The van der Waals surface area contributed by atoms with E-state index in [-0.39, 0.29) is 18.1 Å². The monoisotopic (exact) mass is 288 g/mol. The molecule has 1 amide bonds. The van der Waals surface area contributed by atoms with E-state index in [9.17, 15) is 14.7 Å². The van der Waals surface area contributed by atoms with Crippen LogP contribution in [0.2, 0.25) is 0 Å². The number of aromatic carboxylic acids is 1. The molecule has 0 aliphatic carbocycles. The Morgan fingerprint density at radius 3 is 2.71 bits per heavy atom. The summed E-state index contributed by atoms with van der Waals surface area (Å²) in [6, 6.07) is 5.94. The van der Waals surface area contributed by atoms with Gasteiger partial charge in [0, 0.05) is 29.9 Å². The summed E-state index contributed by atoms with van der Waals surface area (Å²) in [7, 11) is 0. The van der Waals surface area contributed by atoms with Gasteiger partial charge in [-0.05, 0) is 30.5 Å². The van der Waals surface area contributed by atoms with Gasteiger partial charge in [-0.1, -0.05) is 19.4 Å². The van der Waals surface area contributed by atoms with Gasteiger partial charge in [0.05, 0.1) is 0 Å². The predicted molar refractivity (Wildman–Crippen MR) is 81.4 cm³/mol. The number of H-pyrrole nitrogens is 1. The van der Waals surface area contributed by atoms with Crippen LogP contribution in [0, 0.1) is 0 Å². The third kappa shape index (κ3) is 3.42. The normalized spacial score (nSPS) is 10.8. The van der Waals surface area contributed by atoms with Crippen LogP contribution in [0.1, 0.15) is 48.3 Å². The molecule has 0 radical (unpaired) electrons. The van der Waals surface area contributed by atoms with Gasteiger partial charge in [0.1, 0.15) is 5.69 Å². The lowest BCUT2D eigenvalue weighted by Crippen LogP contribution is -2.20. The molecule has 1 aromatic carbocycles. The average molecular weight is 288 g/mol. The Morgan fingerprint density at radius 1 is 1.33 bits per heavy atom. The first-order chi connectivity index (χ1) is 10.0. The van der Waals surface area contributed by atoms with Crippen molar-refractivity contribution in [2.24, 2.45) is 0 Å². The number of amides is 1. The molecule has 0 saturated heterocycles. The van der Waals surface area contributed by atoms with Crippen molar-refractivity contribution >= 4 is 22.8 Å². The van der Waals surface area contributed by atoms with Crippen LogP contribution in [-0.4, -0.2) is 22.0 Å². The Hall–Kier alpha value is -2.30. The van der Waals surface area contributed by atoms with Crippen molar-refractivity contribution in [2.45, 2.75) is 39.7 Å². The first-order valence-electron chi connectivity index (χ1n) is 7.14. The molecule has 0 bridgehead atoms. The summed E-state index contributed by atoms with van der Waals surface area (Å²) in [4.78, 5) is 25.4. The zero-order chi connectivity index (χ0) is 15.4. The third-order valence-electron chi connectivity index (χ3n) is 3.52. The number of hydrogen-bond donors (Lipinski definition) is 3. The Kier molecular flexibility index (Phi) is 4.62. The SMILES string of the molecule is CCCCc1ccc2[nH]c(C(=O)O)c(CNC(C)=O)c2c1. The van der Waals surface area contributed by atoms with E-state index in [1.54, 1.807) is 0 Å². The highest BCUT2D eigenvalue weighted by Crippen LogP contribution is 2.24. The topological polar surface area (TPSA) is 82.2 Å². The molecule has 21 heavy (non-hydrogen) atoms. The molecule has 2 rings (SSSR count). The Morgan fingerprint density at radius 2 is 2.10 bits per heavy atom. The van der Waals surface area contributed by atoms with E-state index < -0.39 is 5.97 Å². The van der Waals surface area contributed by atoms with E-state index in [0.717, 1.165) is 30.2 Å². The molecule has 0 aliphatic rings. The maximum Gasteiger partial charge on any atom is 0.352 e. The molecular weight excluding hydrogens is 268 g/mol. The van der Waals surface area contributed by atoms with E-state index in [1.807, 2.05) is 18.2 Å². The van der Waals surface area contributed by atoms with E-state index >= 15 is 0 Å². The second-order valence-corrected chi connectivity index (χ2v) is 5.18. The average Bonchev–Trinajstić information content (AvgIpc) is 2.81. The lowest BCUT2D eigenvalue weighted by atomic mass is 10.0. The van der Waals surface area contributed by atoms with Crippen LogP contribution in [0.15, 0.2) is 18.2 Å². The quantitative estimate of drug-likeness (QED) is 0.764. The van der Waals surface area contributed by atoms with Gasteiger partial charge in [-0.15, -0.1) is 0 Å². The number of fused-ring (bicyclic) bond motifs is 1. The first-order valence-corrected chi connectivity index (χ1v) is 7.14. The Labute approximate surface area is 123 Å². The number of aromatic amines is 1. The van der Waals surface area contributed by atoms with Crippen molar-refractivity contribution in [3.8, 4) is 0 Å². The van der Waals surface area contributed by atoms with Crippen LogP contribution in [0.5, 0.6) is 0 Å². The minimum absolute atomic E-state index is 0.145. The second kappa shape index (κ2) is 6.43. The van der Waals surface area contributed by atoms with Crippen molar-refractivity contribution in [3.63, 3.8) is 0 Å². The molecule has 5 heteroatoms. The van der Waals surface area contributed by atoms with Gasteiger partial charge >= 0.3 is 5.97 Å². The number of aryl methyl sites for hydroxylation is 1.